The molecule has 3 aromatic rings. The Kier molecular flexibility index (Phi) is 3.72. The molecule has 0 bridgehead atoms. The zero-order valence-corrected chi connectivity index (χ0v) is 12.1. The molecule has 100 valence electrons. The highest BCUT2D eigenvalue weighted by Crippen LogP contribution is 2.32. The molecule has 0 atom stereocenters. The Morgan fingerprint density at radius 3 is 2.25 bits per heavy atom. The van der Waals surface area contributed by atoms with E-state index in [9.17, 15) is 0 Å². The molecule has 0 fully saturated rings. The molecule has 0 spiro atoms. The van der Waals surface area contributed by atoms with Crippen LogP contribution in [0.25, 0.3) is 21.9 Å². The molecule has 2 heteroatoms. The topological polar surface area (TPSA) is 12.0 Å². The summed E-state index contributed by atoms with van der Waals surface area (Å²) in [6, 6.07) is 21.0. The Hall–Kier alpha value is -1.83. The van der Waals surface area contributed by atoms with Gasteiger partial charge in [-0.3, -0.25) is 0 Å². The van der Waals surface area contributed by atoms with Gasteiger partial charge in [-0.05, 0) is 35.2 Å². The van der Waals surface area contributed by atoms with Crippen LogP contribution in [0.15, 0.2) is 60.7 Å². The predicted molar refractivity (Wildman–Crippen MR) is 87.2 cm³/mol. The molecule has 3 rings (SSSR count). The number of nitrogens with one attached hydrogen (secondary N) is 1. The molecule has 1 N–H and O–H groups in total. The summed E-state index contributed by atoms with van der Waals surface area (Å²) in [5, 5.41) is 6.26. The molecule has 3 aromatic carbocycles. The summed E-state index contributed by atoms with van der Waals surface area (Å²) in [5.74, 6) is 0. The minimum Gasteiger partial charge on any atom is -0.316 e. The second-order valence-corrected chi connectivity index (χ2v) is 5.27. The highest BCUT2D eigenvalue weighted by Gasteiger charge is 2.06. The summed E-state index contributed by atoms with van der Waals surface area (Å²) < 4.78 is 0. The van der Waals surface area contributed by atoms with Crippen LogP contribution in [0.1, 0.15) is 5.56 Å². The van der Waals surface area contributed by atoms with Gasteiger partial charge >= 0.3 is 0 Å². The average molecular weight is 282 g/mol. The number of hydrogen-bond donors (Lipinski definition) is 1. The molecule has 0 radical (unpaired) electrons. The largest absolute Gasteiger partial charge is 0.316 e. The Labute approximate surface area is 124 Å². The summed E-state index contributed by atoms with van der Waals surface area (Å²) in [4.78, 5) is 0. The lowest BCUT2D eigenvalue weighted by Crippen LogP contribution is -2.04. The predicted octanol–water partition coefficient (Wildman–Crippen LogP) is 4.88. The molecule has 0 unspecified atom stereocenters. The van der Waals surface area contributed by atoms with Gasteiger partial charge in [-0.1, -0.05) is 66.2 Å². The van der Waals surface area contributed by atoms with E-state index in [0.717, 1.165) is 17.0 Å². The van der Waals surface area contributed by atoms with Crippen molar-refractivity contribution in [3.05, 3.63) is 71.2 Å². The van der Waals surface area contributed by atoms with Crippen molar-refractivity contribution in [2.45, 2.75) is 6.54 Å². The number of fused-ring (bicyclic) bond motifs is 1. The van der Waals surface area contributed by atoms with Crippen LogP contribution in [-0.4, -0.2) is 7.05 Å². The second-order valence-electron chi connectivity index (χ2n) is 4.87. The molecular weight excluding hydrogens is 266 g/mol. The van der Waals surface area contributed by atoms with Gasteiger partial charge in [0.2, 0.25) is 0 Å². The number of hydrogen-bond acceptors (Lipinski definition) is 1. The molecule has 0 aliphatic heterocycles. The first kappa shape index (κ1) is 13.2. The molecular formula is C18H16ClN. The van der Waals surface area contributed by atoms with Gasteiger partial charge in [0.1, 0.15) is 0 Å². The zero-order valence-electron chi connectivity index (χ0n) is 11.4. The Balaban J connectivity index is 2.12. The number of benzene rings is 3. The molecule has 0 aromatic heterocycles. The highest BCUT2D eigenvalue weighted by atomic mass is 35.5. The van der Waals surface area contributed by atoms with Gasteiger partial charge in [0, 0.05) is 17.0 Å². The van der Waals surface area contributed by atoms with Gasteiger partial charge in [0.05, 0.1) is 0 Å². The second kappa shape index (κ2) is 5.66. The van der Waals surface area contributed by atoms with Crippen molar-refractivity contribution in [3.8, 4) is 11.1 Å². The Morgan fingerprint density at radius 1 is 0.850 bits per heavy atom. The molecule has 0 aliphatic rings. The lowest BCUT2D eigenvalue weighted by molar-refractivity contribution is 0.818. The summed E-state index contributed by atoms with van der Waals surface area (Å²) in [6.07, 6.45) is 0. The van der Waals surface area contributed by atoms with E-state index in [1.54, 1.807) is 0 Å². The molecule has 0 heterocycles. The fraction of sp³-hybridized carbons (Fsp3) is 0.111. The minimum atomic E-state index is 0.802. The smallest absolute Gasteiger partial charge is 0.0484 e. The first-order chi connectivity index (χ1) is 9.79. The van der Waals surface area contributed by atoms with E-state index in [0.29, 0.717) is 0 Å². The molecule has 20 heavy (non-hydrogen) atoms. The molecule has 0 saturated carbocycles. The van der Waals surface area contributed by atoms with E-state index < -0.39 is 0 Å². The van der Waals surface area contributed by atoms with Gasteiger partial charge in [-0.25, -0.2) is 0 Å². The van der Waals surface area contributed by atoms with Crippen LogP contribution in [0.5, 0.6) is 0 Å². The average Bonchev–Trinajstić information content (AvgIpc) is 2.49. The fourth-order valence-electron chi connectivity index (χ4n) is 2.52. The lowest BCUT2D eigenvalue weighted by atomic mass is 9.97. The van der Waals surface area contributed by atoms with Gasteiger partial charge in [-0.15, -0.1) is 0 Å². The van der Waals surface area contributed by atoms with Crippen LogP contribution >= 0.6 is 11.6 Å². The van der Waals surface area contributed by atoms with Crippen molar-refractivity contribution in [1.82, 2.24) is 5.32 Å². The standard InChI is InChI=1S/C18H16ClN/c1-20-12-13-6-8-14(9-7-13)15-10-11-18(19)17-5-3-2-4-16(15)17/h2-11,20H,12H2,1H3. The molecule has 0 saturated heterocycles. The Morgan fingerprint density at radius 2 is 1.55 bits per heavy atom. The van der Waals surface area contributed by atoms with E-state index in [-0.39, 0.29) is 0 Å². The van der Waals surface area contributed by atoms with Crippen molar-refractivity contribution < 1.29 is 0 Å². The van der Waals surface area contributed by atoms with Gasteiger partial charge in [0.25, 0.3) is 0 Å². The SMILES string of the molecule is CNCc1ccc(-c2ccc(Cl)c3ccccc23)cc1. The van der Waals surface area contributed by atoms with Crippen molar-refractivity contribution >= 4 is 22.4 Å². The Bertz CT molecular complexity index is 732. The highest BCUT2D eigenvalue weighted by molar-refractivity contribution is 6.36. The van der Waals surface area contributed by atoms with Crippen LogP contribution in [-0.2, 0) is 6.54 Å². The molecule has 0 amide bonds. The molecule has 0 aliphatic carbocycles. The molecule has 1 nitrogen and oxygen atoms in total. The van der Waals surface area contributed by atoms with Crippen LogP contribution in [0.4, 0.5) is 0 Å². The normalized spacial score (nSPS) is 10.9. The van der Waals surface area contributed by atoms with Gasteiger partial charge < -0.3 is 5.32 Å². The maximum Gasteiger partial charge on any atom is 0.0484 e. The third kappa shape index (κ3) is 2.43. The zero-order chi connectivity index (χ0) is 13.9. The van der Waals surface area contributed by atoms with Crippen LogP contribution in [0.2, 0.25) is 5.02 Å². The quantitative estimate of drug-likeness (QED) is 0.721. The summed E-state index contributed by atoms with van der Waals surface area (Å²) >= 11 is 6.27. The summed E-state index contributed by atoms with van der Waals surface area (Å²) in [5.41, 5.74) is 3.73. The van der Waals surface area contributed by atoms with E-state index >= 15 is 0 Å². The van der Waals surface area contributed by atoms with Crippen LogP contribution < -0.4 is 5.32 Å². The van der Waals surface area contributed by atoms with E-state index in [1.807, 2.05) is 19.2 Å². The lowest BCUT2D eigenvalue weighted by Gasteiger charge is -2.09. The minimum absolute atomic E-state index is 0.802. The van der Waals surface area contributed by atoms with Gasteiger partial charge in [0.15, 0.2) is 0 Å². The van der Waals surface area contributed by atoms with Crippen LogP contribution in [0, 0.1) is 0 Å². The monoisotopic (exact) mass is 281 g/mol. The van der Waals surface area contributed by atoms with Crippen LogP contribution in [0.3, 0.4) is 0 Å². The number of rotatable bonds is 3. The van der Waals surface area contributed by atoms with Crippen molar-refractivity contribution in [2.24, 2.45) is 0 Å². The van der Waals surface area contributed by atoms with Crippen molar-refractivity contribution in [2.75, 3.05) is 7.05 Å². The fourth-order valence-corrected chi connectivity index (χ4v) is 2.75. The maximum atomic E-state index is 6.27. The van der Waals surface area contributed by atoms with E-state index in [2.05, 4.69) is 53.8 Å². The third-order valence-corrected chi connectivity index (χ3v) is 3.85. The first-order valence-corrected chi connectivity index (χ1v) is 7.08. The van der Waals surface area contributed by atoms with Gasteiger partial charge in [-0.2, -0.15) is 0 Å². The summed E-state index contributed by atoms with van der Waals surface area (Å²) in [7, 11) is 1.96. The third-order valence-electron chi connectivity index (χ3n) is 3.52. The van der Waals surface area contributed by atoms with E-state index in [1.165, 1.54) is 22.1 Å². The summed E-state index contributed by atoms with van der Waals surface area (Å²) in [6.45, 7) is 0.891. The number of halogens is 1. The van der Waals surface area contributed by atoms with Crippen molar-refractivity contribution in [3.63, 3.8) is 0 Å². The maximum absolute atomic E-state index is 6.27. The van der Waals surface area contributed by atoms with Crippen molar-refractivity contribution in [1.29, 1.82) is 0 Å². The van der Waals surface area contributed by atoms with E-state index in [4.69, 9.17) is 11.6 Å². The first-order valence-electron chi connectivity index (χ1n) is 6.71.